The Morgan fingerprint density at radius 1 is 1.50 bits per heavy atom. The third-order valence-corrected chi connectivity index (χ3v) is 3.48. The van der Waals surface area contributed by atoms with E-state index in [1.165, 1.54) is 18.3 Å². The van der Waals surface area contributed by atoms with Crippen molar-refractivity contribution in [2.45, 2.75) is 13.5 Å². The number of thiophene rings is 1. The van der Waals surface area contributed by atoms with Gasteiger partial charge in [0.25, 0.3) is 5.91 Å². The highest BCUT2D eigenvalue weighted by molar-refractivity contribution is 7.14. The molecule has 1 N–H and O–H groups in total. The highest BCUT2D eigenvalue weighted by Gasteiger charge is 2.19. The van der Waals surface area contributed by atoms with Crippen molar-refractivity contribution in [2.75, 3.05) is 5.32 Å². The molecule has 4 nitrogen and oxygen atoms in total. The van der Waals surface area contributed by atoms with E-state index in [4.69, 9.17) is 11.6 Å². The van der Waals surface area contributed by atoms with Gasteiger partial charge in [-0.15, -0.1) is 11.3 Å². The summed E-state index contributed by atoms with van der Waals surface area (Å²) in [6.07, 6.45) is 1.37. The van der Waals surface area contributed by atoms with E-state index >= 15 is 0 Å². The van der Waals surface area contributed by atoms with Crippen molar-refractivity contribution >= 4 is 34.5 Å². The second-order valence-electron chi connectivity index (χ2n) is 3.75. The molecule has 1 amide bonds. The topological polar surface area (TPSA) is 51.2 Å². The summed E-state index contributed by atoms with van der Waals surface area (Å²) in [5, 5.41) is 2.83. The standard InChI is InChI=1S/C12H9ClF2N2O2S/c1-6-4-8(19-12(14)15)10(20-6)11(18)17-7-2-3-9(13)16-5-7/h2-5,12H,1H3,(H,17,18). The summed E-state index contributed by atoms with van der Waals surface area (Å²) in [5.41, 5.74) is 0.411. The van der Waals surface area contributed by atoms with Crippen molar-refractivity contribution in [3.63, 3.8) is 0 Å². The first-order valence-corrected chi connectivity index (χ1v) is 6.63. The van der Waals surface area contributed by atoms with Crippen LogP contribution < -0.4 is 10.1 Å². The predicted molar refractivity (Wildman–Crippen MR) is 72.9 cm³/mol. The maximum Gasteiger partial charge on any atom is 0.387 e. The van der Waals surface area contributed by atoms with Gasteiger partial charge in [-0.3, -0.25) is 4.79 Å². The van der Waals surface area contributed by atoms with Crippen LogP contribution >= 0.6 is 22.9 Å². The maximum absolute atomic E-state index is 12.3. The second kappa shape index (κ2) is 6.15. The molecule has 8 heteroatoms. The van der Waals surface area contributed by atoms with Crippen molar-refractivity contribution in [3.8, 4) is 5.75 Å². The van der Waals surface area contributed by atoms with Crippen molar-refractivity contribution < 1.29 is 18.3 Å². The number of hydrogen-bond acceptors (Lipinski definition) is 4. The van der Waals surface area contributed by atoms with Crippen LogP contribution in [0.1, 0.15) is 14.5 Å². The van der Waals surface area contributed by atoms with Crippen LogP contribution in [0.15, 0.2) is 24.4 Å². The third-order valence-electron chi connectivity index (χ3n) is 2.23. The largest absolute Gasteiger partial charge is 0.433 e. The number of hydrogen-bond donors (Lipinski definition) is 1. The highest BCUT2D eigenvalue weighted by Crippen LogP contribution is 2.30. The van der Waals surface area contributed by atoms with Gasteiger partial charge in [0.05, 0.1) is 11.9 Å². The van der Waals surface area contributed by atoms with Crippen LogP contribution in [0, 0.1) is 6.92 Å². The smallest absolute Gasteiger partial charge is 0.387 e. The molecule has 0 unspecified atom stereocenters. The van der Waals surface area contributed by atoms with Crippen molar-refractivity contribution in [2.24, 2.45) is 0 Å². The number of aromatic nitrogens is 1. The number of halogens is 3. The van der Waals surface area contributed by atoms with E-state index in [1.54, 1.807) is 13.0 Å². The van der Waals surface area contributed by atoms with Crippen LogP contribution in [0.2, 0.25) is 5.15 Å². The lowest BCUT2D eigenvalue weighted by atomic mass is 10.3. The summed E-state index contributed by atoms with van der Waals surface area (Å²) in [4.78, 5) is 16.6. The molecule has 0 atom stereocenters. The second-order valence-corrected chi connectivity index (χ2v) is 5.40. The Hall–Kier alpha value is -1.73. The summed E-state index contributed by atoms with van der Waals surface area (Å²) in [6.45, 7) is -1.28. The average molecular weight is 319 g/mol. The molecule has 106 valence electrons. The summed E-state index contributed by atoms with van der Waals surface area (Å²) in [6, 6.07) is 4.46. The molecule has 2 aromatic rings. The first kappa shape index (κ1) is 14.7. The van der Waals surface area contributed by atoms with Gasteiger partial charge in [0.15, 0.2) is 0 Å². The summed E-state index contributed by atoms with van der Waals surface area (Å²) < 4.78 is 28.9. The SMILES string of the molecule is Cc1cc(OC(F)F)c(C(=O)Nc2ccc(Cl)nc2)s1. The quantitative estimate of drug-likeness (QED) is 0.868. The van der Waals surface area contributed by atoms with Crippen LogP contribution in [-0.2, 0) is 0 Å². The normalized spacial score (nSPS) is 10.7. The van der Waals surface area contributed by atoms with E-state index in [9.17, 15) is 13.6 Å². The Kier molecular flexibility index (Phi) is 4.51. The number of nitrogens with one attached hydrogen (secondary N) is 1. The van der Waals surface area contributed by atoms with Gasteiger partial charge < -0.3 is 10.1 Å². The number of rotatable bonds is 4. The van der Waals surface area contributed by atoms with Crippen molar-refractivity contribution in [3.05, 3.63) is 39.3 Å². The molecule has 0 fully saturated rings. The molecule has 2 rings (SSSR count). The molecule has 0 aromatic carbocycles. The van der Waals surface area contributed by atoms with Gasteiger partial charge in [-0.2, -0.15) is 8.78 Å². The van der Waals surface area contributed by atoms with E-state index in [2.05, 4.69) is 15.0 Å². The molecule has 2 aromatic heterocycles. The maximum atomic E-state index is 12.3. The number of pyridine rings is 1. The fraction of sp³-hybridized carbons (Fsp3) is 0.167. The van der Waals surface area contributed by atoms with Gasteiger partial charge in [-0.25, -0.2) is 4.98 Å². The first-order chi connectivity index (χ1) is 9.45. The number of ether oxygens (including phenoxy) is 1. The van der Waals surface area contributed by atoms with Gasteiger partial charge >= 0.3 is 6.61 Å². The minimum atomic E-state index is -2.98. The zero-order chi connectivity index (χ0) is 14.7. The number of aryl methyl sites for hydroxylation is 1. The molecule has 0 spiro atoms. The van der Waals surface area contributed by atoms with Crippen molar-refractivity contribution in [1.29, 1.82) is 0 Å². The predicted octanol–water partition coefficient (Wildman–Crippen LogP) is 3.96. The van der Waals surface area contributed by atoms with Crippen LogP contribution in [-0.4, -0.2) is 17.5 Å². The van der Waals surface area contributed by atoms with Gasteiger partial charge in [0, 0.05) is 4.88 Å². The lowest BCUT2D eigenvalue weighted by Crippen LogP contribution is -2.13. The van der Waals surface area contributed by atoms with Crippen LogP contribution in [0.3, 0.4) is 0 Å². The van der Waals surface area contributed by atoms with Crippen molar-refractivity contribution in [1.82, 2.24) is 4.98 Å². The number of carbonyl (C=O) groups excluding carboxylic acids is 1. The van der Waals surface area contributed by atoms with Crippen LogP contribution in [0.4, 0.5) is 14.5 Å². The van der Waals surface area contributed by atoms with Gasteiger partial charge in [-0.05, 0) is 25.1 Å². The van der Waals surface area contributed by atoms with Gasteiger partial charge in [0.2, 0.25) is 0 Å². The summed E-state index contributed by atoms with van der Waals surface area (Å²) in [7, 11) is 0. The number of nitrogens with zero attached hydrogens (tertiary/aromatic N) is 1. The Labute approximate surface area is 122 Å². The minimum Gasteiger partial charge on any atom is -0.433 e. The molecule has 0 saturated heterocycles. The molecule has 0 aliphatic rings. The Bertz CT molecular complexity index is 616. The Balaban J connectivity index is 2.18. The first-order valence-electron chi connectivity index (χ1n) is 5.44. The van der Waals surface area contributed by atoms with E-state index in [1.807, 2.05) is 0 Å². The number of alkyl halides is 2. The van der Waals surface area contributed by atoms with Crippen LogP contribution in [0.5, 0.6) is 5.75 Å². The zero-order valence-electron chi connectivity index (χ0n) is 10.2. The monoisotopic (exact) mass is 318 g/mol. The molecular formula is C12H9ClF2N2O2S. The molecule has 0 aliphatic heterocycles. The fourth-order valence-electron chi connectivity index (χ4n) is 1.47. The number of carbonyl (C=O) groups is 1. The fourth-order valence-corrected chi connectivity index (χ4v) is 2.42. The van der Waals surface area contributed by atoms with Gasteiger partial charge in [-0.1, -0.05) is 11.6 Å². The Morgan fingerprint density at radius 3 is 2.85 bits per heavy atom. The highest BCUT2D eigenvalue weighted by atomic mass is 35.5. The van der Waals surface area contributed by atoms with E-state index in [0.29, 0.717) is 10.6 Å². The van der Waals surface area contributed by atoms with Crippen LogP contribution in [0.25, 0.3) is 0 Å². The summed E-state index contributed by atoms with van der Waals surface area (Å²) in [5.74, 6) is -0.676. The van der Waals surface area contributed by atoms with Gasteiger partial charge in [0.1, 0.15) is 15.8 Å². The Morgan fingerprint density at radius 2 is 2.25 bits per heavy atom. The molecule has 0 saturated carbocycles. The minimum absolute atomic E-state index is 0.0813. The van der Waals surface area contributed by atoms with E-state index in [-0.39, 0.29) is 15.8 Å². The molecule has 20 heavy (non-hydrogen) atoms. The lowest BCUT2D eigenvalue weighted by Gasteiger charge is -2.06. The average Bonchev–Trinajstić information content (AvgIpc) is 2.72. The molecule has 2 heterocycles. The molecule has 0 radical (unpaired) electrons. The van der Waals surface area contributed by atoms with E-state index < -0.39 is 12.5 Å². The lowest BCUT2D eigenvalue weighted by molar-refractivity contribution is -0.0498. The number of amides is 1. The summed E-state index contributed by atoms with van der Waals surface area (Å²) >= 11 is 6.70. The third kappa shape index (κ3) is 3.64. The molecule has 0 aliphatic carbocycles. The zero-order valence-corrected chi connectivity index (χ0v) is 11.8. The van der Waals surface area contributed by atoms with E-state index in [0.717, 1.165) is 11.3 Å². The molecular weight excluding hydrogens is 310 g/mol. The molecule has 0 bridgehead atoms. The number of anilines is 1.